The number of thiophene rings is 1. The van der Waals surface area contributed by atoms with Crippen molar-refractivity contribution >= 4 is 39.4 Å². The Morgan fingerprint density at radius 2 is 1.67 bits per heavy atom. The van der Waals surface area contributed by atoms with Gasteiger partial charge in [0, 0.05) is 0 Å². The molecular weight excluding hydrogens is 340 g/mol. The van der Waals surface area contributed by atoms with Gasteiger partial charge in [-0.15, -0.1) is 11.3 Å². The van der Waals surface area contributed by atoms with Crippen molar-refractivity contribution in [3.05, 3.63) is 10.9 Å². The fourth-order valence-corrected chi connectivity index (χ4v) is 3.01. The van der Waals surface area contributed by atoms with Gasteiger partial charge in [-0.1, -0.05) is 6.92 Å². The third kappa shape index (κ3) is 3.13. The average molecular weight is 354 g/mol. The largest absolute Gasteiger partial charge is 0.481 e. The standard InChI is InChI=1S/C14H14N2O7S/c1-5(13(18)19)8(14(20)21)9(17)7-4-6-12(24-7)16-11(23-3)10(15-6)22-2/h4-5,8H,1-3H3,(H,18,19)(H,20,21). The molecule has 2 rings (SSSR count). The molecule has 0 fully saturated rings. The lowest BCUT2D eigenvalue weighted by molar-refractivity contribution is -0.151. The van der Waals surface area contributed by atoms with Crippen LogP contribution in [0.2, 0.25) is 0 Å². The Balaban J connectivity index is 2.49. The lowest BCUT2D eigenvalue weighted by atomic mass is 9.89. The van der Waals surface area contributed by atoms with Crippen LogP contribution in [0, 0.1) is 11.8 Å². The number of Topliss-reactive ketones (excluding diaryl/α,β-unsaturated/α-hetero) is 1. The molecule has 9 nitrogen and oxygen atoms in total. The van der Waals surface area contributed by atoms with Crippen LogP contribution in [0.5, 0.6) is 11.8 Å². The van der Waals surface area contributed by atoms with Crippen molar-refractivity contribution in [2.45, 2.75) is 6.92 Å². The maximum Gasteiger partial charge on any atom is 0.315 e. The molecule has 0 spiro atoms. The van der Waals surface area contributed by atoms with Crippen LogP contribution in [0.15, 0.2) is 6.07 Å². The lowest BCUT2D eigenvalue weighted by Crippen LogP contribution is -2.33. The number of carboxylic acid groups (broad SMARTS) is 2. The van der Waals surface area contributed by atoms with E-state index in [0.717, 1.165) is 11.3 Å². The number of carbonyl (C=O) groups is 3. The molecule has 0 aliphatic carbocycles. The number of fused-ring (bicyclic) bond motifs is 1. The highest BCUT2D eigenvalue weighted by Crippen LogP contribution is 2.32. The second-order valence-electron chi connectivity index (χ2n) is 4.85. The van der Waals surface area contributed by atoms with Crippen LogP contribution in [-0.4, -0.2) is 52.1 Å². The first-order valence-electron chi connectivity index (χ1n) is 6.69. The predicted molar refractivity (Wildman–Crippen MR) is 82.8 cm³/mol. The van der Waals surface area contributed by atoms with E-state index in [2.05, 4.69) is 9.97 Å². The number of aromatic nitrogens is 2. The molecule has 0 aromatic carbocycles. The quantitative estimate of drug-likeness (QED) is 0.557. The minimum atomic E-state index is -1.70. The smallest absolute Gasteiger partial charge is 0.315 e. The first-order chi connectivity index (χ1) is 11.3. The number of hydrogen-bond acceptors (Lipinski definition) is 8. The second kappa shape index (κ2) is 6.79. The summed E-state index contributed by atoms with van der Waals surface area (Å²) in [4.78, 5) is 43.5. The van der Waals surface area contributed by atoms with Gasteiger partial charge in [0.05, 0.1) is 25.0 Å². The maximum atomic E-state index is 12.5. The lowest BCUT2D eigenvalue weighted by Gasteiger charge is -2.14. The van der Waals surface area contributed by atoms with E-state index in [-0.39, 0.29) is 16.6 Å². The molecule has 0 saturated heterocycles. The molecule has 2 unspecified atom stereocenters. The van der Waals surface area contributed by atoms with Gasteiger partial charge in [-0.25, -0.2) is 4.98 Å². The van der Waals surface area contributed by atoms with E-state index in [1.807, 2.05) is 0 Å². The van der Waals surface area contributed by atoms with E-state index in [9.17, 15) is 19.5 Å². The summed E-state index contributed by atoms with van der Waals surface area (Å²) >= 11 is 0.914. The zero-order valence-electron chi connectivity index (χ0n) is 13.0. The minimum Gasteiger partial charge on any atom is -0.481 e. The summed E-state index contributed by atoms with van der Waals surface area (Å²) < 4.78 is 10.0. The number of aliphatic carboxylic acids is 2. The highest BCUT2D eigenvalue weighted by molar-refractivity contribution is 7.20. The summed E-state index contributed by atoms with van der Waals surface area (Å²) in [5, 5.41) is 18.2. The molecule has 10 heteroatoms. The van der Waals surface area contributed by atoms with Gasteiger partial charge in [-0.05, 0) is 6.07 Å². The summed E-state index contributed by atoms with van der Waals surface area (Å²) in [7, 11) is 2.76. The van der Waals surface area contributed by atoms with E-state index in [1.165, 1.54) is 27.2 Å². The number of carbonyl (C=O) groups excluding carboxylic acids is 1. The van der Waals surface area contributed by atoms with Gasteiger partial charge in [0.15, 0.2) is 5.78 Å². The minimum absolute atomic E-state index is 0.0563. The van der Waals surface area contributed by atoms with Crippen LogP contribution in [0.3, 0.4) is 0 Å². The molecule has 2 aromatic rings. The normalized spacial score (nSPS) is 13.3. The molecule has 2 heterocycles. The van der Waals surface area contributed by atoms with Crippen molar-refractivity contribution in [1.29, 1.82) is 0 Å². The predicted octanol–water partition coefficient (Wildman–Crippen LogP) is 1.31. The van der Waals surface area contributed by atoms with Gasteiger partial charge in [-0.2, -0.15) is 4.98 Å². The molecule has 128 valence electrons. The van der Waals surface area contributed by atoms with Crippen LogP contribution in [0.4, 0.5) is 0 Å². The van der Waals surface area contributed by atoms with Crippen molar-refractivity contribution in [3.8, 4) is 11.8 Å². The zero-order valence-corrected chi connectivity index (χ0v) is 13.8. The third-order valence-corrected chi connectivity index (χ3v) is 4.40. The molecule has 2 atom stereocenters. The SMILES string of the molecule is COc1nc2cc(C(=O)C(C(=O)O)C(C)C(=O)O)sc2nc1OC. The summed E-state index contributed by atoms with van der Waals surface area (Å²) in [5.74, 6) is -6.49. The maximum absolute atomic E-state index is 12.5. The summed E-state index contributed by atoms with van der Waals surface area (Å²) in [6.45, 7) is 1.18. The molecule has 0 radical (unpaired) electrons. The van der Waals surface area contributed by atoms with E-state index in [0.29, 0.717) is 10.3 Å². The monoisotopic (exact) mass is 354 g/mol. The summed E-state index contributed by atoms with van der Waals surface area (Å²) in [6.07, 6.45) is 0. The van der Waals surface area contributed by atoms with Crippen LogP contribution in [0.25, 0.3) is 10.3 Å². The Morgan fingerprint density at radius 3 is 2.17 bits per heavy atom. The highest BCUT2D eigenvalue weighted by Gasteiger charge is 2.37. The van der Waals surface area contributed by atoms with Gasteiger partial charge in [0.2, 0.25) is 0 Å². The van der Waals surface area contributed by atoms with Crippen LogP contribution in [0.1, 0.15) is 16.6 Å². The molecule has 2 N–H and O–H groups in total. The molecular formula is C14H14N2O7S. The number of carboxylic acids is 2. The highest BCUT2D eigenvalue weighted by atomic mass is 32.1. The third-order valence-electron chi connectivity index (χ3n) is 3.37. The molecule has 0 saturated carbocycles. The fraction of sp³-hybridized carbons (Fsp3) is 0.357. The van der Waals surface area contributed by atoms with Crippen molar-refractivity contribution < 1.29 is 34.1 Å². The van der Waals surface area contributed by atoms with E-state index >= 15 is 0 Å². The van der Waals surface area contributed by atoms with Crippen molar-refractivity contribution in [2.24, 2.45) is 11.8 Å². The zero-order chi connectivity index (χ0) is 18.0. The van der Waals surface area contributed by atoms with Crippen molar-refractivity contribution in [1.82, 2.24) is 9.97 Å². The number of methoxy groups -OCH3 is 2. The average Bonchev–Trinajstić information content (AvgIpc) is 2.95. The number of hydrogen-bond donors (Lipinski definition) is 2. The molecule has 0 amide bonds. The van der Waals surface area contributed by atoms with Gasteiger partial charge in [-0.3, -0.25) is 14.4 Å². The van der Waals surface area contributed by atoms with Crippen LogP contribution < -0.4 is 9.47 Å². The molecule has 0 aliphatic heterocycles. The Labute approximate surface area is 139 Å². The Hall–Kier alpha value is -2.75. The number of rotatable bonds is 7. The van der Waals surface area contributed by atoms with Crippen LogP contribution >= 0.6 is 11.3 Å². The van der Waals surface area contributed by atoms with Crippen LogP contribution in [-0.2, 0) is 9.59 Å². The van der Waals surface area contributed by atoms with E-state index in [1.54, 1.807) is 0 Å². The van der Waals surface area contributed by atoms with E-state index < -0.39 is 29.6 Å². The van der Waals surface area contributed by atoms with Gasteiger partial charge in [0.1, 0.15) is 16.3 Å². The Bertz CT molecular complexity index is 776. The molecule has 24 heavy (non-hydrogen) atoms. The fourth-order valence-electron chi connectivity index (χ4n) is 2.07. The Morgan fingerprint density at radius 1 is 1.08 bits per heavy atom. The number of ether oxygens (including phenoxy) is 2. The Kier molecular flexibility index (Phi) is 4.98. The summed E-state index contributed by atoms with van der Waals surface area (Å²) in [6, 6.07) is 1.36. The summed E-state index contributed by atoms with van der Waals surface area (Å²) in [5.41, 5.74) is 0.327. The van der Waals surface area contributed by atoms with Crippen molar-refractivity contribution in [2.75, 3.05) is 14.2 Å². The second-order valence-corrected chi connectivity index (χ2v) is 5.88. The molecule has 0 bridgehead atoms. The van der Waals surface area contributed by atoms with Crippen molar-refractivity contribution in [3.63, 3.8) is 0 Å². The number of ketones is 1. The topological polar surface area (TPSA) is 136 Å². The molecule has 0 aliphatic rings. The van der Waals surface area contributed by atoms with Gasteiger partial charge < -0.3 is 19.7 Å². The first-order valence-corrected chi connectivity index (χ1v) is 7.51. The van der Waals surface area contributed by atoms with Gasteiger partial charge in [0.25, 0.3) is 11.8 Å². The van der Waals surface area contributed by atoms with E-state index in [4.69, 9.17) is 14.6 Å². The van der Waals surface area contributed by atoms with Gasteiger partial charge >= 0.3 is 11.9 Å². The first kappa shape index (κ1) is 17.6. The molecule has 2 aromatic heterocycles. The number of nitrogens with zero attached hydrogens (tertiary/aromatic N) is 2.